The van der Waals surface area contributed by atoms with E-state index in [-0.39, 0.29) is 11.9 Å². The standard InChI is InChI=1S/C15H19NO4/c1-10(19-15(16)17)11-7-8-13(18-2)14(9-11)20-12-5-3-4-6-12/h7-9,12H,1,3-6H2,2H3,(H2,16,17). The maximum Gasteiger partial charge on any atom is 0.409 e. The van der Waals surface area contributed by atoms with Crippen LogP contribution >= 0.6 is 0 Å². The Morgan fingerprint density at radius 1 is 1.30 bits per heavy atom. The molecule has 20 heavy (non-hydrogen) atoms. The molecule has 0 heterocycles. The number of carbonyl (C=O) groups is 1. The fourth-order valence-corrected chi connectivity index (χ4v) is 2.31. The van der Waals surface area contributed by atoms with Crippen LogP contribution in [-0.2, 0) is 4.74 Å². The van der Waals surface area contributed by atoms with Gasteiger partial charge in [0.25, 0.3) is 0 Å². The smallest absolute Gasteiger partial charge is 0.409 e. The van der Waals surface area contributed by atoms with Crippen LogP contribution in [0.4, 0.5) is 4.79 Å². The Kier molecular flexibility index (Phi) is 4.50. The SMILES string of the molecule is C=C(OC(N)=O)c1ccc(OC)c(OC2CCCC2)c1. The molecule has 2 N–H and O–H groups in total. The van der Waals surface area contributed by atoms with Gasteiger partial charge in [-0.15, -0.1) is 0 Å². The minimum atomic E-state index is -0.885. The number of hydrogen-bond acceptors (Lipinski definition) is 4. The molecule has 0 saturated heterocycles. The van der Waals surface area contributed by atoms with Crippen LogP contribution in [0.25, 0.3) is 5.76 Å². The Labute approximate surface area is 118 Å². The van der Waals surface area contributed by atoms with Gasteiger partial charge in [0.1, 0.15) is 5.76 Å². The van der Waals surface area contributed by atoms with E-state index in [1.54, 1.807) is 25.3 Å². The minimum Gasteiger partial charge on any atom is -0.493 e. The van der Waals surface area contributed by atoms with Crippen molar-refractivity contribution in [1.82, 2.24) is 0 Å². The van der Waals surface area contributed by atoms with Crippen molar-refractivity contribution < 1.29 is 19.0 Å². The molecule has 2 rings (SSSR count). The van der Waals surface area contributed by atoms with Crippen LogP contribution in [0.1, 0.15) is 31.2 Å². The third kappa shape index (κ3) is 3.44. The summed E-state index contributed by atoms with van der Waals surface area (Å²) >= 11 is 0. The number of carbonyl (C=O) groups excluding carboxylic acids is 1. The summed E-state index contributed by atoms with van der Waals surface area (Å²) < 4.78 is 16.0. The molecular formula is C15H19NO4. The zero-order chi connectivity index (χ0) is 14.5. The van der Waals surface area contributed by atoms with Gasteiger partial charge in [-0.3, -0.25) is 0 Å². The van der Waals surface area contributed by atoms with E-state index >= 15 is 0 Å². The average Bonchev–Trinajstić information content (AvgIpc) is 2.90. The molecule has 0 atom stereocenters. The summed E-state index contributed by atoms with van der Waals surface area (Å²) in [6, 6.07) is 5.25. The second-order valence-electron chi connectivity index (χ2n) is 4.73. The van der Waals surface area contributed by atoms with E-state index in [1.165, 1.54) is 12.8 Å². The number of benzene rings is 1. The molecule has 1 aliphatic rings. The topological polar surface area (TPSA) is 70.8 Å². The zero-order valence-electron chi connectivity index (χ0n) is 11.6. The van der Waals surface area contributed by atoms with Crippen LogP contribution in [0.3, 0.4) is 0 Å². The second kappa shape index (κ2) is 6.32. The summed E-state index contributed by atoms with van der Waals surface area (Å²) in [5.74, 6) is 1.47. The minimum absolute atomic E-state index is 0.191. The average molecular weight is 277 g/mol. The van der Waals surface area contributed by atoms with Crippen molar-refractivity contribution in [3.05, 3.63) is 30.3 Å². The number of primary amides is 1. The van der Waals surface area contributed by atoms with Gasteiger partial charge in [-0.1, -0.05) is 6.58 Å². The molecular weight excluding hydrogens is 258 g/mol. The number of nitrogens with two attached hydrogens (primary N) is 1. The molecule has 0 radical (unpaired) electrons. The Hall–Kier alpha value is -2.17. The van der Waals surface area contributed by atoms with Gasteiger partial charge in [-0.25, -0.2) is 4.79 Å². The number of amides is 1. The Morgan fingerprint density at radius 2 is 2.00 bits per heavy atom. The summed E-state index contributed by atoms with van der Waals surface area (Å²) in [6.07, 6.45) is 3.79. The van der Waals surface area contributed by atoms with Crippen LogP contribution in [-0.4, -0.2) is 19.3 Å². The molecule has 1 saturated carbocycles. The van der Waals surface area contributed by atoms with Crippen molar-refractivity contribution in [2.45, 2.75) is 31.8 Å². The lowest BCUT2D eigenvalue weighted by atomic mass is 10.1. The van der Waals surface area contributed by atoms with Gasteiger partial charge in [0, 0.05) is 5.56 Å². The maximum atomic E-state index is 10.8. The first-order valence-corrected chi connectivity index (χ1v) is 6.61. The van der Waals surface area contributed by atoms with Crippen LogP contribution in [0.5, 0.6) is 11.5 Å². The highest BCUT2D eigenvalue weighted by Crippen LogP contribution is 2.34. The van der Waals surface area contributed by atoms with E-state index in [0.717, 1.165) is 12.8 Å². The molecule has 108 valence electrons. The highest BCUT2D eigenvalue weighted by molar-refractivity contribution is 5.75. The summed E-state index contributed by atoms with van der Waals surface area (Å²) in [7, 11) is 1.59. The lowest BCUT2D eigenvalue weighted by Crippen LogP contribution is -2.13. The lowest BCUT2D eigenvalue weighted by Gasteiger charge is -2.17. The predicted octanol–water partition coefficient (Wildman–Crippen LogP) is 3.08. The van der Waals surface area contributed by atoms with E-state index in [2.05, 4.69) is 6.58 Å². The molecule has 5 nitrogen and oxygen atoms in total. The fraction of sp³-hybridized carbons (Fsp3) is 0.400. The van der Waals surface area contributed by atoms with Gasteiger partial charge in [0.15, 0.2) is 11.5 Å². The predicted molar refractivity (Wildman–Crippen MR) is 75.6 cm³/mol. The molecule has 0 aliphatic heterocycles. The lowest BCUT2D eigenvalue weighted by molar-refractivity contribution is 0.199. The molecule has 0 unspecified atom stereocenters. The molecule has 1 aliphatic carbocycles. The van der Waals surface area contributed by atoms with Gasteiger partial charge >= 0.3 is 6.09 Å². The highest BCUT2D eigenvalue weighted by Gasteiger charge is 2.19. The maximum absolute atomic E-state index is 10.8. The van der Waals surface area contributed by atoms with E-state index in [9.17, 15) is 4.79 Å². The van der Waals surface area contributed by atoms with Crippen molar-refractivity contribution in [2.24, 2.45) is 5.73 Å². The van der Waals surface area contributed by atoms with Crippen molar-refractivity contribution in [3.8, 4) is 11.5 Å². The van der Waals surface area contributed by atoms with Crippen molar-refractivity contribution >= 4 is 11.9 Å². The van der Waals surface area contributed by atoms with Gasteiger partial charge in [0.05, 0.1) is 13.2 Å². The van der Waals surface area contributed by atoms with E-state index in [1.807, 2.05) is 0 Å². The van der Waals surface area contributed by atoms with Crippen molar-refractivity contribution in [3.63, 3.8) is 0 Å². The van der Waals surface area contributed by atoms with Crippen molar-refractivity contribution in [1.29, 1.82) is 0 Å². The monoisotopic (exact) mass is 277 g/mol. The summed E-state index contributed by atoms with van der Waals surface area (Å²) in [5, 5.41) is 0. The van der Waals surface area contributed by atoms with Gasteiger partial charge in [-0.05, 0) is 43.9 Å². The summed E-state index contributed by atoms with van der Waals surface area (Å²) in [5.41, 5.74) is 5.62. The fourth-order valence-electron chi connectivity index (χ4n) is 2.31. The Balaban J connectivity index is 2.18. The third-order valence-corrected chi connectivity index (χ3v) is 3.31. The molecule has 1 amide bonds. The first kappa shape index (κ1) is 14.2. The van der Waals surface area contributed by atoms with Gasteiger partial charge in [-0.2, -0.15) is 0 Å². The summed E-state index contributed by atoms with van der Waals surface area (Å²) in [4.78, 5) is 10.8. The van der Waals surface area contributed by atoms with Gasteiger partial charge < -0.3 is 19.9 Å². The molecule has 1 aromatic rings. The largest absolute Gasteiger partial charge is 0.493 e. The second-order valence-corrected chi connectivity index (χ2v) is 4.73. The highest BCUT2D eigenvalue weighted by atomic mass is 16.5. The van der Waals surface area contributed by atoms with Crippen LogP contribution in [0, 0.1) is 0 Å². The zero-order valence-corrected chi connectivity index (χ0v) is 11.6. The molecule has 1 aromatic carbocycles. The Morgan fingerprint density at radius 3 is 2.60 bits per heavy atom. The van der Waals surface area contributed by atoms with Crippen LogP contribution in [0.2, 0.25) is 0 Å². The number of methoxy groups -OCH3 is 1. The number of hydrogen-bond donors (Lipinski definition) is 1. The third-order valence-electron chi connectivity index (χ3n) is 3.31. The number of rotatable bonds is 5. The first-order valence-electron chi connectivity index (χ1n) is 6.61. The summed E-state index contributed by atoms with van der Waals surface area (Å²) in [6.45, 7) is 3.67. The van der Waals surface area contributed by atoms with E-state index < -0.39 is 6.09 Å². The van der Waals surface area contributed by atoms with Crippen LogP contribution < -0.4 is 15.2 Å². The molecule has 0 aromatic heterocycles. The number of ether oxygens (including phenoxy) is 3. The Bertz CT molecular complexity index is 507. The van der Waals surface area contributed by atoms with E-state index in [0.29, 0.717) is 17.1 Å². The quantitative estimate of drug-likeness (QED) is 0.839. The van der Waals surface area contributed by atoms with E-state index in [4.69, 9.17) is 19.9 Å². The first-order chi connectivity index (χ1) is 9.60. The molecule has 0 spiro atoms. The normalized spacial score (nSPS) is 14.8. The molecule has 1 fully saturated rings. The van der Waals surface area contributed by atoms with Crippen LogP contribution in [0.15, 0.2) is 24.8 Å². The van der Waals surface area contributed by atoms with Gasteiger partial charge in [0.2, 0.25) is 0 Å². The molecule has 0 bridgehead atoms. The van der Waals surface area contributed by atoms with Crippen molar-refractivity contribution in [2.75, 3.05) is 7.11 Å². The molecule has 5 heteroatoms.